The van der Waals surface area contributed by atoms with Crippen molar-refractivity contribution in [1.82, 2.24) is 4.90 Å². The van der Waals surface area contributed by atoms with Crippen LogP contribution in [0.3, 0.4) is 0 Å². The van der Waals surface area contributed by atoms with Gasteiger partial charge in [-0.05, 0) is 43.0 Å². The van der Waals surface area contributed by atoms with Crippen LogP contribution in [-0.2, 0) is 0 Å². The number of amides is 2. The number of carboxylic acid groups (broad SMARTS) is 1. The van der Waals surface area contributed by atoms with E-state index in [1.807, 2.05) is 6.92 Å². The monoisotopic (exact) mass is 292 g/mol. The lowest BCUT2D eigenvalue weighted by atomic mass is 9.87. The number of aromatic carboxylic acids is 1. The van der Waals surface area contributed by atoms with Crippen molar-refractivity contribution >= 4 is 17.7 Å². The van der Waals surface area contributed by atoms with E-state index in [9.17, 15) is 9.59 Å². The first-order chi connectivity index (χ1) is 9.54. The summed E-state index contributed by atoms with van der Waals surface area (Å²) in [6.45, 7) is 10.0. The zero-order chi connectivity index (χ0) is 16.4. The number of benzene rings is 1. The third-order valence-corrected chi connectivity index (χ3v) is 3.87. The first kappa shape index (κ1) is 17.0. The third-order valence-electron chi connectivity index (χ3n) is 3.87. The fraction of sp³-hybridized carbons (Fsp3) is 0.500. The number of rotatable bonds is 3. The molecule has 1 rings (SSSR count). The van der Waals surface area contributed by atoms with E-state index in [1.165, 1.54) is 6.07 Å². The molecule has 0 bridgehead atoms. The highest BCUT2D eigenvalue weighted by Crippen LogP contribution is 2.24. The van der Waals surface area contributed by atoms with E-state index in [-0.39, 0.29) is 23.1 Å². The molecule has 0 saturated carbocycles. The number of urea groups is 1. The van der Waals surface area contributed by atoms with Gasteiger partial charge in [-0.3, -0.25) is 0 Å². The summed E-state index contributed by atoms with van der Waals surface area (Å²) >= 11 is 0. The van der Waals surface area contributed by atoms with Crippen molar-refractivity contribution in [3.8, 4) is 0 Å². The van der Waals surface area contributed by atoms with Gasteiger partial charge >= 0.3 is 12.0 Å². The number of hydrogen-bond acceptors (Lipinski definition) is 2. The highest BCUT2D eigenvalue weighted by molar-refractivity contribution is 5.92. The van der Waals surface area contributed by atoms with Gasteiger partial charge in [-0.1, -0.05) is 20.8 Å². The summed E-state index contributed by atoms with van der Waals surface area (Å²) in [6.07, 6.45) is 0. The average molecular weight is 292 g/mol. The predicted molar refractivity (Wildman–Crippen MR) is 83.8 cm³/mol. The van der Waals surface area contributed by atoms with E-state index < -0.39 is 5.97 Å². The van der Waals surface area contributed by atoms with Crippen LogP contribution in [0.25, 0.3) is 0 Å². The van der Waals surface area contributed by atoms with Crippen molar-refractivity contribution in [1.29, 1.82) is 0 Å². The van der Waals surface area contributed by atoms with Gasteiger partial charge < -0.3 is 15.3 Å². The van der Waals surface area contributed by atoms with Crippen LogP contribution in [0.2, 0.25) is 0 Å². The molecule has 1 aromatic carbocycles. The molecule has 5 heteroatoms. The normalized spacial score (nSPS) is 12.7. The Morgan fingerprint density at radius 1 is 1.29 bits per heavy atom. The lowest BCUT2D eigenvalue weighted by Crippen LogP contribution is -2.45. The van der Waals surface area contributed by atoms with Gasteiger partial charge in [0.1, 0.15) is 0 Å². The van der Waals surface area contributed by atoms with Crippen molar-refractivity contribution < 1.29 is 14.7 Å². The highest BCUT2D eigenvalue weighted by atomic mass is 16.4. The molecular formula is C16H24N2O3. The molecule has 0 aromatic heterocycles. The Labute approximate surface area is 126 Å². The lowest BCUT2D eigenvalue weighted by Gasteiger charge is -2.35. The van der Waals surface area contributed by atoms with E-state index in [0.29, 0.717) is 5.69 Å². The molecule has 0 aliphatic carbocycles. The van der Waals surface area contributed by atoms with Crippen LogP contribution in [0, 0.1) is 12.3 Å². The number of nitrogens with zero attached hydrogens (tertiary/aromatic N) is 1. The van der Waals surface area contributed by atoms with Crippen LogP contribution in [0.5, 0.6) is 0 Å². The maximum atomic E-state index is 12.3. The number of carbonyl (C=O) groups excluding carboxylic acids is 1. The summed E-state index contributed by atoms with van der Waals surface area (Å²) in [5, 5.41) is 11.8. The van der Waals surface area contributed by atoms with E-state index in [1.54, 1.807) is 31.0 Å². The fourth-order valence-electron chi connectivity index (χ4n) is 1.90. The van der Waals surface area contributed by atoms with Crippen LogP contribution in [0.4, 0.5) is 10.5 Å². The molecule has 2 N–H and O–H groups in total. The second-order valence-corrected chi connectivity index (χ2v) is 6.42. The van der Waals surface area contributed by atoms with Gasteiger partial charge in [0.25, 0.3) is 0 Å². The van der Waals surface area contributed by atoms with Crippen molar-refractivity contribution in [2.75, 3.05) is 12.4 Å². The molecule has 0 radical (unpaired) electrons. The number of carboxylic acids is 1. The SMILES string of the molecule is Cc1cc(C(=O)O)ccc1NC(=O)N(C)C(C)C(C)(C)C. The number of nitrogens with one attached hydrogen (secondary N) is 1. The van der Waals surface area contributed by atoms with Crippen molar-refractivity contribution in [2.45, 2.75) is 40.7 Å². The first-order valence-corrected chi connectivity index (χ1v) is 6.91. The Morgan fingerprint density at radius 2 is 1.86 bits per heavy atom. The topological polar surface area (TPSA) is 69.6 Å². The van der Waals surface area contributed by atoms with E-state index in [0.717, 1.165) is 5.56 Å². The summed E-state index contributed by atoms with van der Waals surface area (Å²) in [4.78, 5) is 24.8. The zero-order valence-electron chi connectivity index (χ0n) is 13.5. The molecule has 0 aliphatic heterocycles. The van der Waals surface area contributed by atoms with Crippen LogP contribution in [0.1, 0.15) is 43.6 Å². The second-order valence-electron chi connectivity index (χ2n) is 6.42. The highest BCUT2D eigenvalue weighted by Gasteiger charge is 2.27. The third kappa shape index (κ3) is 4.21. The van der Waals surface area contributed by atoms with Crippen LogP contribution < -0.4 is 5.32 Å². The van der Waals surface area contributed by atoms with E-state index in [2.05, 4.69) is 26.1 Å². The Morgan fingerprint density at radius 3 is 2.29 bits per heavy atom. The zero-order valence-corrected chi connectivity index (χ0v) is 13.5. The molecule has 0 aliphatic rings. The minimum atomic E-state index is -0.977. The lowest BCUT2D eigenvalue weighted by molar-refractivity contribution is 0.0697. The minimum absolute atomic E-state index is 0.0195. The van der Waals surface area contributed by atoms with Gasteiger partial charge in [-0.15, -0.1) is 0 Å². The molecule has 1 unspecified atom stereocenters. The van der Waals surface area contributed by atoms with Gasteiger partial charge in [-0.2, -0.15) is 0 Å². The first-order valence-electron chi connectivity index (χ1n) is 6.91. The van der Waals surface area contributed by atoms with Gasteiger partial charge in [-0.25, -0.2) is 9.59 Å². The molecular weight excluding hydrogens is 268 g/mol. The summed E-state index contributed by atoms with van der Waals surface area (Å²) < 4.78 is 0. The molecule has 2 amide bonds. The van der Waals surface area contributed by atoms with Crippen LogP contribution >= 0.6 is 0 Å². The van der Waals surface area contributed by atoms with Crippen molar-refractivity contribution in [2.24, 2.45) is 5.41 Å². The van der Waals surface area contributed by atoms with Gasteiger partial charge in [0.15, 0.2) is 0 Å². The molecule has 0 saturated heterocycles. The predicted octanol–water partition coefficient (Wildman–Crippen LogP) is 3.59. The smallest absolute Gasteiger partial charge is 0.335 e. The summed E-state index contributed by atoms with van der Waals surface area (Å²) in [5.74, 6) is -0.977. The van der Waals surface area contributed by atoms with Crippen molar-refractivity contribution in [3.05, 3.63) is 29.3 Å². The number of carbonyl (C=O) groups is 2. The molecule has 5 nitrogen and oxygen atoms in total. The quantitative estimate of drug-likeness (QED) is 0.894. The molecule has 0 heterocycles. The van der Waals surface area contributed by atoms with Gasteiger partial charge in [0, 0.05) is 18.8 Å². The van der Waals surface area contributed by atoms with Gasteiger partial charge in [0.2, 0.25) is 0 Å². The Bertz CT molecular complexity index is 547. The van der Waals surface area contributed by atoms with Crippen LogP contribution in [-0.4, -0.2) is 35.1 Å². The van der Waals surface area contributed by atoms with Gasteiger partial charge in [0.05, 0.1) is 5.56 Å². The minimum Gasteiger partial charge on any atom is -0.478 e. The molecule has 1 atom stereocenters. The standard InChI is InChI=1S/C16H24N2O3/c1-10-9-12(14(19)20)7-8-13(10)17-15(21)18(6)11(2)16(3,4)5/h7-9,11H,1-6H3,(H,17,21)(H,19,20). The number of aryl methyl sites for hydroxylation is 1. The second kappa shape index (κ2) is 6.16. The summed E-state index contributed by atoms with van der Waals surface area (Å²) in [6, 6.07) is 4.51. The number of hydrogen-bond donors (Lipinski definition) is 2. The van der Waals surface area contributed by atoms with Crippen molar-refractivity contribution in [3.63, 3.8) is 0 Å². The Balaban J connectivity index is 2.87. The maximum absolute atomic E-state index is 12.3. The molecule has 21 heavy (non-hydrogen) atoms. The van der Waals surface area contributed by atoms with Crippen LogP contribution in [0.15, 0.2) is 18.2 Å². The van der Waals surface area contributed by atoms with E-state index in [4.69, 9.17) is 5.11 Å². The van der Waals surface area contributed by atoms with E-state index >= 15 is 0 Å². The molecule has 0 fully saturated rings. The molecule has 116 valence electrons. The molecule has 1 aromatic rings. The fourth-order valence-corrected chi connectivity index (χ4v) is 1.90. The largest absolute Gasteiger partial charge is 0.478 e. The maximum Gasteiger partial charge on any atom is 0.335 e. The Hall–Kier alpha value is -2.04. The summed E-state index contributed by atoms with van der Waals surface area (Å²) in [7, 11) is 1.76. The molecule has 0 spiro atoms. The average Bonchev–Trinajstić information content (AvgIpc) is 2.37. The summed E-state index contributed by atoms with van der Waals surface area (Å²) in [5.41, 5.74) is 1.54. The Kier molecular flexibility index (Phi) is 4.99. The number of anilines is 1.